The quantitative estimate of drug-likeness (QED) is 0.373. The molecule has 1 aliphatic rings. The van der Waals surface area contributed by atoms with Crippen LogP contribution in [0.25, 0.3) is 10.9 Å². The maximum absolute atomic E-state index is 13.5. The number of nitrogens with zero attached hydrogens (tertiary/aromatic N) is 2. The van der Waals surface area contributed by atoms with Crippen LogP contribution in [0, 0.1) is 5.92 Å². The summed E-state index contributed by atoms with van der Waals surface area (Å²) in [6.45, 7) is 2.91. The molecule has 1 aliphatic heterocycles. The van der Waals surface area contributed by atoms with Gasteiger partial charge in [-0.05, 0) is 62.3 Å². The van der Waals surface area contributed by atoms with Gasteiger partial charge in [-0.1, -0.05) is 30.1 Å². The fourth-order valence-corrected chi connectivity index (χ4v) is 6.52. The van der Waals surface area contributed by atoms with Crippen molar-refractivity contribution in [1.29, 1.82) is 0 Å². The Bertz CT molecular complexity index is 1660. The van der Waals surface area contributed by atoms with E-state index in [2.05, 4.69) is 15.0 Å². The number of ether oxygens (including phenoxy) is 1. The van der Waals surface area contributed by atoms with Crippen LogP contribution >= 0.6 is 23.2 Å². The topological polar surface area (TPSA) is 114 Å². The number of likely N-dealkylation sites (tertiary alicyclic amines) is 1. The number of aromatic amines is 1. The van der Waals surface area contributed by atoms with Crippen molar-refractivity contribution in [2.24, 2.45) is 5.92 Å². The van der Waals surface area contributed by atoms with E-state index in [4.69, 9.17) is 23.2 Å². The molecule has 1 fully saturated rings. The van der Waals surface area contributed by atoms with E-state index in [9.17, 15) is 31.2 Å². The number of aromatic nitrogens is 2. The minimum atomic E-state index is -5.07. The highest BCUT2D eigenvalue weighted by atomic mass is 35.5. The normalized spacial score (nSPS) is 16.6. The summed E-state index contributed by atoms with van der Waals surface area (Å²) in [7, 11) is -1.94. The van der Waals surface area contributed by atoms with Crippen LogP contribution in [-0.4, -0.2) is 61.7 Å². The molecule has 0 bridgehead atoms. The third-order valence-corrected chi connectivity index (χ3v) is 9.30. The Kier molecular flexibility index (Phi) is 8.91. The highest BCUT2D eigenvalue weighted by Gasteiger charge is 2.34. The zero-order valence-electron chi connectivity index (χ0n) is 21.6. The van der Waals surface area contributed by atoms with Crippen molar-refractivity contribution in [3.8, 4) is 5.75 Å². The van der Waals surface area contributed by atoms with Crippen LogP contribution in [0.2, 0.25) is 10.0 Å². The largest absolute Gasteiger partial charge is 0.573 e. The van der Waals surface area contributed by atoms with Gasteiger partial charge >= 0.3 is 12.1 Å². The molecule has 0 spiro atoms. The second-order valence-corrected chi connectivity index (χ2v) is 12.6. The maximum Gasteiger partial charge on any atom is 0.573 e. The molecule has 1 aromatic heterocycles. The molecule has 15 heteroatoms. The minimum Gasteiger partial charge on any atom is -0.405 e. The van der Waals surface area contributed by atoms with Gasteiger partial charge in [0.1, 0.15) is 5.75 Å². The van der Waals surface area contributed by atoms with Crippen molar-refractivity contribution in [1.82, 2.24) is 19.8 Å². The summed E-state index contributed by atoms with van der Waals surface area (Å²) in [5, 5.41) is 2.68. The van der Waals surface area contributed by atoms with Crippen molar-refractivity contribution < 1.29 is 26.3 Å². The lowest BCUT2D eigenvalue weighted by Gasteiger charge is -2.21. The Hall–Kier alpha value is -2.58. The van der Waals surface area contributed by atoms with E-state index in [1.54, 1.807) is 0 Å². The Morgan fingerprint density at radius 1 is 1.18 bits per heavy atom. The third-order valence-electron chi connectivity index (χ3n) is 6.82. The summed E-state index contributed by atoms with van der Waals surface area (Å²) in [5.41, 5.74) is -1.99. The molecule has 0 amide bonds. The van der Waals surface area contributed by atoms with Crippen molar-refractivity contribution in [2.45, 2.75) is 37.7 Å². The number of hydrogen-bond acceptors (Lipinski definition) is 7. The number of rotatable bonds is 9. The number of fused-ring (bicyclic) bond motifs is 1. The summed E-state index contributed by atoms with van der Waals surface area (Å²) < 4.78 is 70.3. The predicted octanol–water partition coefficient (Wildman–Crippen LogP) is 3.78. The second-order valence-electron chi connectivity index (χ2n) is 9.56. The van der Waals surface area contributed by atoms with Gasteiger partial charge in [0, 0.05) is 23.7 Å². The zero-order chi connectivity index (χ0) is 29.4. The summed E-state index contributed by atoms with van der Waals surface area (Å²) >= 11 is 12.6. The van der Waals surface area contributed by atoms with Gasteiger partial charge in [-0.3, -0.25) is 14.3 Å². The van der Waals surface area contributed by atoms with Gasteiger partial charge in [-0.25, -0.2) is 13.2 Å². The maximum atomic E-state index is 13.5. The Balaban J connectivity index is 1.84. The number of halogens is 5. The molecular weight excluding hydrogens is 596 g/mol. The average Bonchev–Trinajstić information content (AvgIpc) is 3.31. The number of alkyl halides is 3. The summed E-state index contributed by atoms with van der Waals surface area (Å²) in [5.74, 6) is -0.598. The first-order valence-corrected chi connectivity index (χ1v) is 14.8. The SMILES string of the molecule is CCS(=O)(=O)c1ccc(Cl)cc1Cn1c(=O)[nH]c2c(Cl)c(CN3CCC(CNC)C3)c(OC(F)(F)F)cc2c1=O. The van der Waals surface area contributed by atoms with E-state index >= 15 is 0 Å². The van der Waals surface area contributed by atoms with Crippen molar-refractivity contribution >= 4 is 43.9 Å². The molecule has 0 aliphatic carbocycles. The minimum absolute atomic E-state index is 0.00622. The van der Waals surface area contributed by atoms with E-state index in [1.165, 1.54) is 25.1 Å². The van der Waals surface area contributed by atoms with E-state index in [-0.39, 0.29) is 49.3 Å². The van der Waals surface area contributed by atoms with Crippen molar-refractivity contribution in [3.05, 3.63) is 66.3 Å². The molecule has 0 saturated carbocycles. The molecule has 2 aromatic carbocycles. The lowest BCUT2D eigenvalue weighted by Crippen LogP contribution is -2.36. The van der Waals surface area contributed by atoms with Crippen LogP contribution in [0.4, 0.5) is 13.2 Å². The molecule has 3 aromatic rings. The van der Waals surface area contributed by atoms with Gasteiger partial charge in [-0.15, -0.1) is 13.2 Å². The monoisotopic (exact) mass is 622 g/mol. The zero-order valence-corrected chi connectivity index (χ0v) is 23.9. The van der Waals surface area contributed by atoms with Gasteiger partial charge in [0.25, 0.3) is 5.56 Å². The van der Waals surface area contributed by atoms with Crippen LogP contribution in [0.15, 0.2) is 38.8 Å². The summed E-state index contributed by atoms with van der Waals surface area (Å²) in [4.78, 5) is 30.8. The van der Waals surface area contributed by atoms with Crippen molar-refractivity contribution in [3.63, 3.8) is 0 Å². The molecule has 218 valence electrons. The molecule has 1 unspecified atom stereocenters. The second kappa shape index (κ2) is 11.7. The Labute approximate surface area is 237 Å². The van der Waals surface area contributed by atoms with Crippen LogP contribution in [0.3, 0.4) is 0 Å². The van der Waals surface area contributed by atoms with Crippen LogP contribution in [-0.2, 0) is 22.9 Å². The van der Waals surface area contributed by atoms with Crippen LogP contribution in [0.1, 0.15) is 24.5 Å². The molecule has 4 rings (SSSR count). The number of benzene rings is 2. The Morgan fingerprint density at radius 3 is 2.55 bits per heavy atom. The highest BCUT2D eigenvalue weighted by Crippen LogP contribution is 2.37. The molecular formula is C25H27Cl2F3N4O5S. The number of nitrogens with one attached hydrogen (secondary N) is 2. The van der Waals surface area contributed by atoms with Crippen molar-refractivity contribution in [2.75, 3.05) is 32.4 Å². The first kappa shape index (κ1) is 30.4. The fourth-order valence-electron chi connectivity index (χ4n) is 4.91. The van der Waals surface area contributed by atoms with Crippen LogP contribution < -0.4 is 21.3 Å². The first-order valence-electron chi connectivity index (χ1n) is 12.4. The van der Waals surface area contributed by atoms with E-state index < -0.39 is 39.7 Å². The third kappa shape index (κ3) is 6.49. The van der Waals surface area contributed by atoms with Gasteiger partial charge in [0.2, 0.25) is 0 Å². The van der Waals surface area contributed by atoms with Gasteiger partial charge in [-0.2, -0.15) is 0 Å². The number of H-pyrrole nitrogens is 1. The van der Waals surface area contributed by atoms with Gasteiger partial charge in [0.15, 0.2) is 9.84 Å². The summed E-state index contributed by atoms with van der Waals surface area (Å²) in [6, 6.07) is 4.85. The smallest absolute Gasteiger partial charge is 0.405 e. The summed E-state index contributed by atoms with van der Waals surface area (Å²) in [6.07, 6.45) is -4.24. The molecule has 0 radical (unpaired) electrons. The van der Waals surface area contributed by atoms with Crippen LogP contribution in [0.5, 0.6) is 5.75 Å². The molecule has 40 heavy (non-hydrogen) atoms. The lowest BCUT2D eigenvalue weighted by molar-refractivity contribution is -0.274. The standard InChI is InChI=1S/C25H27Cl2F3N4O5S/c1-3-40(37,38)20-5-4-16(26)8-15(20)12-34-23(35)17-9-19(39-25(28,29)30)18(21(27)22(17)32-24(34)36)13-33-7-6-14(11-33)10-31-2/h4-5,8-9,14,31H,3,6-7,10-13H2,1-2H3,(H,32,36). The van der Waals surface area contributed by atoms with Gasteiger partial charge in [0.05, 0.1) is 33.1 Å². The number of hydrogen-bond donors (Lipinski definition) is 2. The lowest BCUT2D eigenvalue weighted by atomic mass is 10.1. The van der Waals surface area contributed by atoms with Gasteiger partial charge < -0.3 is 15.0 Å². The molecule has 1 atom stereocenters. The molecule has 1 saturated heterocycles. The molecule has 9 nitrogen and oxygen atoms in total. The van der Waals surface area contributed by atoms with E-state index in [1.807, 2.05) is 11.9 Å². The first-order chi connectivity index (χ1) is 18.7. The Morgan fingerprint density at radius 2 is 1.90 bits per heavy atom. The predicted molar refractivity (Wildman–Crippen MR) is 146 cm³/mol. The molecule has 2 heterocycles. The fraction of sp³-hybridized carbons (Fsp3) is 0.440. The molecule has 2 N–H and O–H groups in total. The number of sulfone groups is 1. The van der Waals surface area contributed by atoms with E-state index in [0.717, 1.165) is 19.0 Å². The highest BCUT2D eigenvalue weighted by molar-refractivity contribution is 7.91. The van der Waals surface area contributed by atoms with E-state index in [0.29, 0.717) is 23.6 Å². The average molecular weight is 623 g/mol.